The molecule has 3 aromatic carbocycles. The number of piperidine rings is 1. The second kappa shape index (κ2) is 13.6. The van der Waals surface area contributed by atoms with Gasteiger partial charge in [0.25, 0.3) is 0 Å². The number of likely N-dealkylation sites (N-methyl/N-ethyl adjacent to an activating group) is 1. The molecule has 1 fully saturated rings. The Morgan fingerprint density at radius 1 is 0.960 bits per heavy atom. The van der Waals surface area contributed by atoms with Crippen molar-refractivity contribution in [3.63, 3.8) is 0 Å². The van der Waals surface area contributed by atoms with E-state index in [1.165, 1.54) is 43.5 Å². The molecule has 0 aromatic heterocycles. The minimum atomic E-state index is -5.20. The molecular weight excluding hydrogens is 685 g/mol. The number of amides is 1. The van der Waals surface area contributed by atoms with Crippen LogP contribution >= 0.6 is 0 Å². The van der Waals surface area contributed by atoms with Crippen LogP contribution in [0, 0.1) is 5.41 Å². The van der Waals surface area contributed by atoms with E-state index in [0.717, 1.165) is 4.90 Å². The van der Waals surface area contributed by atoms with Gasteiger partial charge in [0.05, 0.1) is 19.2 Å². The van der Waals surface area contributed by atoms with Gasteiger partial charge in [-0.25, -0.2) is 4.79 Å². The summed E-state index contributed by atoms with van der Waals surface area (Å²) in [5.41, 5.74) is -3.27. The quantitative estimate of drug-likeness (QED) is 0.248. The second-order valence-electron chi connectivity index (χ2n) is 12.8. The predicted molar refractivity (Wildman–Crippen MR) is 164 cm³/mol. The molecule has 0 aliphatic carbocycles. The van der Waals surface area contributed by atoms with Crippen molar-refractivity contribution in [1.82, 2.24) is 15.1 Å². The molecule has 1 saturated heterocycles. The van der Waals surface area contributed by atoms with Crippen LogP contribution in [-0.2, 0) is 35.2 Å². The van der Waals surface area contributed by atoms with Crippen LogP contribution in [0.2, 0.25) is 0 Å². The Kier molecular flexibility index (Phi) is 10.1. The number of nitrogens with one attached hydrogen (secondary N) is 1. The third-order valence-electron chi connectivity index (χ3n) is 9.58. The lowest BCUT2D eigenvalue weighted by atomic mass is 9.76. The molecule has 272 valence electrons. The number of hydrogen-bond donors (Lipinski definition) is 2. The van der Waals surface area contributed by atoms with Gasteiger partial charge in [-0.15, -0.1) is 0 Å². The van der Waals surface area contributed by atoms with Crippen molar-refractivity contribution < 1.29 is 58.9 Å². The maximum atomic E-state index is 14.9. The number of ether oxygens (including phenoxy) is 1. The average molecular weight is 720 g/mol. The van der Waals surface area contributed by atoms with Crippen molar-refractivity contribution in [2.75, 3.05) is 40.3 Å². The molecule has 0 spiro atoms. The molecule has 7 nitrogen and oxygen atoms in total. The van der Waals surface area contributed by atoms with Gasteiger partial charge in [0.2, 0.25) is 5.91 Å². The molecule has 5 rings (SSSR count). The summed E-state index contributed by atoms with van der Waals surface area (Å²) in [4.78, 5) is 28.1. The number of carbonyl (C=O) groups is 2. The number of benzene rings is 3. The maximum Gasteiger partial charge on any atom is 0.417 e. The molecule has 2 aliphatic rings. The molecule has 50 heavy (non-hydrogen) atoms. The lowest BCUT2D eigenvalue weighted by molar-refractivity contribution is -0.236. The van der Waals surface area contributed by atoms with Gasteiger partial charge >= 0.3 is 24.5 Å². The van der Waals surface area contributed by atoms with E-state index in [2.05, 4.69) is 0 Å². The highest BCUT2D eigenvalue weighted by Crippen LogP contribution is 2.49. The summed E-state index contributed by atoms with van der Waals surface area (Å²) in [7, 11) is 2.97. The van der Waals surface area contributed by atoms with Crippen molar-refractivity contribution in [3.8, 4) is 16.9 Å². The summed E-state index contributed by atoms with van der Waals surface area (Å²) in [6.07, 6.45) is -16.9. The molecular formula is C34H34F9N3O4. The highest BCUT2D eigenvalue weighted by Gasteiger charge is 2.61. The smallest absolute Gasteiger partial charge is 0.417 e. The van der Waals surface area contributed by atoms with E-state index in [-0.39, 0.29) is 39.9 Å². The van der Waals surface area contributed by atoms with Gasteiger partial charge in [-0.2, -0.15) is 39.5 Å². The fraction of sp³-hybridized carbons (Fsp3) is 0.471. The SMILES string of the molecule is COc1cc2c(c(C(F)(F)F)c1-c1cccc3c(C[C@H](NC(=O)C4(C(F)(F)F)CCN(CC(F)(F)F)CC4)C(=O)O)cccc13)CN(C)CC2. The number of nitrogens with zero attached hydrogens (tertiary/aromatic N) is 2. The Balaban J connectivity index is 1.52. The van der Waals surface area contributed by atoms with Crippen molar-refractivity contribution in [3.05, 3.63) is 64.7 Å². The van der Waals surface area contributed by atoms with Crippen LogP contribution in [0.5, 0.6) is 5.75 Å². The first-order valence-electron chi connectivity index (χ1n) is 15.6. The molecule has 2 heterocycles. The summed E-state index contributed by atoms with van der Waals surface area (Å²) in [5.74, 6) is -3.38. The van der Waals surface area contributed by atoms with Crippen LogP contribution in [0.25, 0.3) is 21.9 Å². The van der Waals surface area contributed by atoms with Crippen LogP contribution in [-0.4, -0.2) is 85.5 Å². The fourth-order valence-electron chi connectivity index (χ4n) is 7.03. The molecule has 3 aromatic rings. The van der Waals surface area contributed by atoms with Gasteiger partial charge < -0.3 is 20.1 Å². The van der Waals surface area contributed by atoms with Gasteiger partial charge in [0.15, 0.2) is 0 Å². The maximum absolute atomic E-state index is 14.9. The number of carboxylic acids is 1. The zero-order valence-corrected chi connectivity index (χ0v) is 27.0. The van der Waals surface area contributed by atoms with Crippen molar-refractivity contribution in [2.45, 2.75) is 56.8 Å². The Hall–Kier alpha value is -4.05. The Bertz CT molecular complexity index is 1760. The third kappa shape index (κ3) is 7.36. The highest BCUT2D eigenvalue weighted by molar-refractivity contribution is 6.01. The number of carboxylic acid groups (broad SMARTS) is 1. The number of aliphatic carboxylic acids is 1. The standard InChI is InChI=1S/C34H34F9N3O4/c1-45-12-9-20-16-26(50-2)27(28(24(20)17-45)33(38,39)40)23-8-4-6-21-19(5-3-7-22(21)23)15-25(29(47)48)44-30(49)31(34(41,42)43)10-13-46(14-11-31)18-32(35,36)37/h3-8,16,25H,9-15,17-18H2,1-2H3,(H,44,49)(H,47,48)/t25-/m0/s1. The third-order valence-corrected chi connectivity index (χ3v) is 9.58. The molecule has 0 unspecified atom stereocenters. The number of methoxy groups -OCH3 is 1. The van der Waals surface area contributed by atoms with Crippen LogP contribution in [0.3, 0.4) is 0 Å². The van der Waals surface area contributed by atoms with E-state index in [0.29, 0.717) is 23.9 Å². The fourth-order valence-corrected chi connectivity index (χ4v) is 7.03. The predicted octanol–water partition coefficient (Wildman–Crippen LogP) is 6.84. The van der Waals surface area contributed by atoms with Gasteiger partial charge in [0, 0.05) is 25.1 Å². The second-order valence-corrected chi connectivity index (χ2v) is 12.8. The van der Waals surface area contributed by atoms with Crippen molar-refractivity contribution >= 4 is 22.6 Å². The highest BCUT2D eigenvalue weighted by atomic mass is 19.4. The summed E-state index contributed by atoms with van der Waals surface area (Å²) in [5, 5.41) is 12.5. The molecule has 0 bridgehead atoms. The topological polar surface area (TPSA) is 82.1 Å². The summed E-state index contributed by atoms with van der Waals surface area (Å²) < 4.78 is 132. The van der Waals surface area contributed by atoms with Gasteiger partial charge in [-0.1, -0.05) is 36.4 Å². The number of rotatable bonds is 8. The molecule has 16 heteroatoms. The van der Waals surface area contributed by atoms with Gasteiger partial charge in [-0.3, -0.25) is 9.69 Å². The zero-order valence-electron chi connectivity index (χ0n) is 27.0. The van der Waals surface area contributed by atoms with Crippen LogP contribution < -0.4 is 10.1 Å². The lowest BCUT2D eigenvalue weighted by Crippen LogP contribution is -2.59. The first-order chi connectivity index (χ1) is 23.3. The molecule has 2 aliphatic heterocycles. The van der Waals surface area contributed by atoms with Crippen molar-refractivity contribution in [1.29, 1.82) is 0 Å². The first kappa shape index (κ1) is 37.2. The van der Waals surface area contributed by atoms with E-state index in [4.69, 9.17) is 4.74 Å². The minimum absolute atomic E-state index is 0.0204. The minimum Gasteiger partial charge on any atom is -0.496 e. The molecule has 1 atom stereocenters. The monoisotopic (exact) mass is 719 g/mol. The van der Waals surface area contributed by atoms with Crippen molar-refractivity contribution in [2.24, 2.45) is 5.41 Å². The van der Waals surface area contributed by atoms with E-state index in [1.54, 1.807) is 18.0 Å². The largest absolute Gasteiger partial charge is 0.496 e. The number of fused-ring (bicyclic) bond motifs is 2. The Morgan fingerprint density at radius 2 is 1.60 bits per heavy atom. The Labute approximate surface area is 281 Å². The van der Waals surface area contributed by atoms with Crippen LogP contribution in [0.1, 0.15) is 35.1 Å². The van der Waals surface area contributed by atoms with E-state index in [1.807, 2.05) is 5.32 Å². The number of carbonyl (C=O) groups excluding carboxylic acids is 1. The molecule has 2 N–H and O–H groups in total. The molecule has 0 radical (unpaired) electrons. The number of hydrogen-bond acceptors (Lipinski definition) is 5. The van der Waals surface area contributed by atoms with E-state index in [9.17, 15) is 54.2 Å². The van der Waals surface area contributed by atoms with Gasteiger partial charge in [0.1, 0.15) is 17.2 Å². The van der Waals surface area contributed by atoms with E-state index >= 15 is 0 Å². The summed E-state index contributed by atoms with van der Waals surface area (Å²) >= 11 is 0. The van der Waals surface area contributed by atoms with Crippen LogP contribution in [0.4, 0.5) is 39.5 Å². The molecule has 1 amide bonds. The van der Waals surface area contributed by atoms with Gasteiger partial charge in [-0.05, 0) is 78.5 Å². The summed E-state index contributed by atoms with van der Waals surface area (Å²) in [6.45, 7) is -2.26. The van der Waals surface area contributed by atoms with Crippen LogP contribution in [0.15, 0.2) is 42.5 Å². The van der Waals surface area contributed by atoms with E-state index < -0.39 is 86.3 Å². The number of alkyl halides is 9. The lowest BCUT2D eigenvalue weighted by Gasteiger charge is -2.42. The normalized spacial score (nSPS) is 18.1. The zero-order chi connectivity index (χ0) is 36.8. The average Bonchev–Trinajstić information content (AvgIpc) is 3.01. The number of halogens is 9. The first-order valence-corrected chi connectivity index (χ1v) is 15.6. The Morgan fingerprint density at radius 3 is 2.18 bits per heavy atom. The number of likely N-dealkylation sites (tertiary alicyclic amines) is 1. The summed E-state index contributed by atoms with van der Waals surface area (Å²) in [6, 6.07) is 8.56. The molecule has 0 saturated carbocycles.